The highest BCUT2D eigenvalue weighted by atomic mass is 16.5. The van der Waals surface area contributed by atoms with Crippen LogP contribution in [-0.4, -0.2) is 37.0 Å². The van der Waals surface area contributed by atoms with Gasteiger partial charge in [0.05, 0.1) is 7.11 Å². The molecule has 21 heavy (non-hydrogen) atoms. The fourth-order valence-electron chi connectivity index (χ4n) is 3.01. The van der Waals surface area contributed by atoms with Crippen molar-refractivity contribution < 1.29 is 9.53 Å². The lowest BCUT2D eigenvalue weighted by Gasteiger charge is -2.33. The zero-order valence-corrected chi connectivity index (χ0v) is 12.7. The van der Waals surface area contributed by atoms with Gasteiger partial charge in [-0.25, -0.2) is 0 Å². The van der Waals surface area contributed by atoms with Crippen LogP contribution in [0.25, 0.3) is 0 Å². The number of amides is 1. The normalized spacial score (nSPS) is 22.8. The molecule has 0 radical (unpaired) electrons. The molecule has 1 aromatic carbocycles. The van der Waals surface area contributed by atoms with Crippen molar-refractivity contribution in [2.45, 2.75) is 38.3 Å². The number of ether oxygens (including phenoxy) is 1. The van der Waals surface area contributed by atoms with Crippen LogP contribution in [0.15, 0.2) is 24.3 Å². The Balaban J connectivity index is 1.53. The molecule has 1 aliphatic heterocycles. The van der Waals surface area contributed by atoms with Crippen LogP contribution in [0.5, 0.6) is 5.75 Å². The predicted molar refractivity (Wildman–Crippen MR) is 82.2 cm³/mol. The summed E-state index contributed by atoms with van der Waals surface area (Å²) in [6, 6.07) is 8.54. The minimum Gasteiger partial charge on any atom is -0.497 e. The molecule has 114 valence electrons. The molecule has 4 heteroatoms. The number of benzene rings is 1. The predicted octanol–water partition coefficient (Wildman–Crippen LogP) is 2.19. The molecule has 2 aliphatic rings. The van der Waals surface area contributed by atoms with Crippen LogP contribution in [0.2, 0.25) is 0 Å². The SMILES string of the molecule is COc1cccc(CN2CCCC(NC(=O)C3CC3)C2)c1. The van der Waals surface area contributed by atoms with Gasteiger partial charge in [0, 0.05) is 25.0 Å². The van der Waals surface area contributed by atoms with Crippen molar-refractivity contribution in [1.82, 2.24) is 10.2 Å². The first-order valence-electron chi connectivity index (χ1n) is 7.90. The first kappa shape index (κ1) is 14.4. The quantitative estimate of drug-likeness (QED) is 0.903. The second-order valence-corrected chi connectivity index (χ2v) is 6.21. The van der Waals surface area contributed by atoms with Gasteiger partial charge in [-0.15, -0.1) is 0 Å². The standard InChI is InChI=1S/C17H24N2O2/c1-21-16-6-2-4-13(10-16)11-19-9-3-5-15(12-19)18-17(20)14-7-8-14/h2,4,6,10,14-15H,3,5,7-9,11-12H2,1H3,(H,18,20). The van der Waals surface area contributed by atoms with Gasteiger partial charge < -0.3 is 10.1 Å². The molecule has 1 saturated carbocycles. The maximum atomic E-state index is 11.9. The van der Waals surface area contributed by atoms with E-state index in [0.29, 0.717) is 12.0 Å². The lowest BCUT2D eigenvalue weighted by atomic mass is 10.0. The number of nitrogens with zero attached hydrogens (tertiary/aromatic N) is 1. The number of nitrogens with one attached hydrogen (secondary N) is 1. The van der Waals surface area contributed by atoms with Crippen molar-refractivity contribution in [3.8, 4) is 5.75 Å². The fourth-order valence-corrected chi connectivity index (χ4v) is 3.01. The van der Waals surface area contributed by atoms with Gasteiger partial charge in [0.15, 0.2) is 0 Å². The Morgan fingerprint density at radius 3 is 3.00 bits per heavy atom. The van der Waals surface area contributed by atoms with Crippen molar-refractivity contribution in [1.29, 1.82) is 0 Å². The van der Waals surface area contributed by atoms with Crippen molar-refractivity contribution in [2.75, 3.05) is 20.2 Å². The van der Waals surface area contributed by atoms with E-state index in [0.717, 1.165) is 51.1 Å². The zero-order valence-electron chi connectivity index (χ0n) is 12.7. The molecule has 0 bridgehead atoms. The molecule has 1 saturated heterocycles. The van der Waals surface area contributed by atoms with Crippen molar-refractivity contribution in [2.24, 2.45) is 5.92 Å². The Bertz CT molecular complexity index is 499. The molecular formula is C17H24N2O2. The Hall–Kier alpha value is -1.55. The molecule has 4 nitrogen and oxygen atoms in total. The third-order valence-corrected chi connectivity index (χ3v) is 4.34. The van der Waals surface area contributed by atoms with E-state index in [1.165, 1.54) is 5.56 Å². The van der Waals surface area contributed by atoms with E-state index in [2.05, 4.69) is 22.3 Å². The summed E-state index contributed by atoms with van der Waals surface area (Å²) in [6.07, 6.45) is 4.41. The van der Waals surface area contributed by atoms with Crippen LogP contribution < -0.4 is 10.1 Å². The fraction of sp³-hybridized carbons (Fsp3) is 0.588. The molecule has 0 aromatic heterocycles. The molecular weight excluding hydrogens is 264 g/mol. The highest BCUT2D eigenvalue weighted by Gasteiger charge is 2.31. The van der Waals surface area contributed by atoms with Crippen LogP contribution in [0.1, 0.15) is 31.2 Å². The van der Waals surface area contributed by atoms with Gasteiger partial charge in [0.2, 0.25) is 5.91 Å². The highest BCUT2D eigenvalue weighted by Crippen LogP contribution is 2.29. The molecule has 1 atom stereocenters. The Morgan fingerprint density at radius 2 is 2.24 bits per heavy atom. The number of rotatable bonds is 5. The summed E-state index contributed by atoms with van der Waals surface area (Å²) < 4.78 is 5.28. The van der Waals surface area contributed by atoms with Gasteiger partial charge in [0.25, 0.3) is 0 Å². The van der Waals surface area contributed by atoms with Gasteiger partial charge in [-0.05, 0) is 49.9 Å². The number of carbonyl (C=O) groups is 1. The molecule has 1 unspecified atom stereocenters. The molecule has 1 heterocycles. The van der Waals surface area contributed by atoms with Crippen molar-refractivity contribution in [3.63, 3.8) is 0 Å². The first-order chi connectivity index (χ1) is 10.2. The number of methoxy groups -OCH3 is 1. The maximum absolute atomic E-state index is 11.9. The van der Waals surface area contributed by atoms with Gasteiger partial charge in [-0.3, -0.25) is 9.69 Å². The summed E-state index contributed by atoms with van der Waals surface area (Å²) in [4.78, 5) is 14.3. The van der Waals surface area contributed by atoms with E-state index in [1.807, 2.05) is 12.1 Å². The third kappa shape index (κ3) is 3.97. The molecule has 0 spiro atoms. The summed E-state index contributed by atoms with van der Waals surface area (Å²) in [5.41, 5.74) is 1.27. The van der Waals surface area contributed by atoms with Crippen LogP contribution in [0.3, 0.4) is 0 Å². The molecule has 1 amide bonds. The summed E-state index contributed by atoms with van der Waals surface area (Å²) in [7, 11) is 1.70. The molecule has 1 aromatic rings. The number of hydrogen-bond donors (Lipinski definition) is 1. The van der Waals surface area contributed by atoms with Crippen LogP contribution in [-0.2, 0) is 11.3 Å². The lowest BCUT2D eigenvalue weighted by Crippen LogP contribution is -2.47. The summed E-state index contributed by atoms with van der Waals surface area (Å²) in [6.45, 7) is 2.98. The van der Waals surface area contributed by atoms with E-state index in [-0.39, 0.29) is 5.91 Å². The second-order valence-electron chi connectivity index (χ2n) is 6.21. The summed E-state index contributed by atoms with van der Waals surface area (Å²) in [5, 5.41) is 3.21. The Labute approximate surface area is 126 Å². The number of piperidine rings is 1. The average Bonchev–Trinajstić information content (AvgIpc) is 3.32. The molecule has 1 N–H and O–H groups in total. The van der Waals surface area contributed by atoms with E-state index >= 15 is 0 Å². The third-order valence-electron chi connectivity index (χ3n) is 4.34. The molecule has 2 fully saturated rings. The van der Waals surface area contributed by atoms with E-state index in [1.54, 1.807) is 7.11 Å². The summed E-state index contributed by atoms with van der Waals surface area (Å²) in [5.74, 6) is 1.48. The van der Waals surface area contributed by atoms with Gasteiger partial charge in [-0.1, -0.05) is 12.1 Å². The Kier molecular flexibility index (Phi) is 4.44. The second kappa shape index (κ2) is 6.48. The van der Waals surface area contributed by atoms with Gasteiger partial charge >= 0.3 is 0 Å². The van der Waals surface area contributed by atoms with Gasteiger partial charge in [0.1, 0.15) is 5.75 Å². The number of carbonyl (C=O) groups excluding carboxylic acids is 1. The summed E-state index contributed by atoms with van der Waals surface area (Å²) >= 11 is 0. The minimum absolute atomic E-state index is 0.267. The number of likely N-dealkylation sites (tertiary alicyclic amines) is 1. The topological polar surface area (TPSA) is 41.6 Å². The van der Waals surface area contributed by atoms with Crippen LogP contribution in [0.4, 0.5) is 0 Å². The average molecular weight is 288 g/mol. The monoisotopic (exact) mass is 288 g/mol. The van der Waals surface area contributed by atoms with Crippen molar-refractivity contribution in [3.05, 3.63) is 29.8 Å². The number of hydrogen-bond acceptors (Lipinski definition) is 3. The molecule has 3 rings (SSSR count). The largest absolute Gasteiger partial charge is 0.497 e. The zero-order chi connectivity index (χ0) is 14.7. The highest BCUT2D eigenvalue weighted by molar-refractivity contribution is 5.81. The van der Waals surface area contributed by atoms with E-state index < -0.39 is 0 Å². The smallest absolute Gasteiger partial charge is 0.223 e. The van der Waals surface area contributed by atoms with E-state index in [4.69, 9.17) is 4.74 Å². The van der Waals surface area contributed by atoms with Crippen LogP contribution in [0, 0.1) is 5.92 Å². The molecule has 1 aliphatic carbocycles. The lowest BCUT2D eigenvalue weighted by molar-refractivity contribution is -0.123. The van der Waals surface area contributed by atoms with Crippen LogP contribution >= 0.6 is 0 Å². The Morgan fingerprint density at radius 1 is 1.38 bits per heavy atom. The van der Waals surface area contributed by atoms with Crippen molar-refractivity contribution >= 4 is 5.91 Å². The van der Waals surface area contributed by atoms with Gasteiger partial charge in [-0.2, -0.15) is 0 Å². The first-order valence-corrected chi connectivity index (χ1v) is 7.90. The minimum atomic E-state index is 0.267. The van der Waals surface area contributed by atoms with E-state index in [9.17, 15) is 4.79 Å². The maximum Gasteiger partial charge on any atom is 0.223 e.